The van der Waals surface area contributed by atoms with Gasteiger partial charge in [0.2, 0.25) is 0 Å². The molecule has 3 aromatic rings. The van der Waals surface area contributed by atoms with Crippen molar-refractivity contribution in [3.8, 4) is 5.75 Å². The van der Waals surface area contributed by atoms with E-state index in [1.54, 1.807) is 24.5 Å². The Morgan fingerprint density at radius 2 is 1.92 bits per heavy atom. The van der Waals surface area contributed by atoms with Crippen molar-refractivity contribution >= 4 is 5.91 Å². The highest BCUT2D eigenvalue weighted by molar-refractivity contribution is 5.94. The van der Waals surface area contributed by atoms with Crippen molar-refractivity contribution in [2.75, 3.05) is 6.61 Å². The minimum Gasteiger partial charge on any atom is -0.494 e. The molecule has 2 aromatic carbocycles. The van der Waals surface area contributed by atoms with Crippen LogP contribution in [0.2, 0.25) is 0 Å². The fourth-order valence-electron chi connectivity index (χ4n) is 2.65. The van der Waals surface area contributed by atoms with Crippen molar-refractivity contribution in [1.29, 1.82) is 0 Å². The molecule has 3 rings (SSSR count). The molecule has 128 valence electrons. The Bertz CT molecular complexity index is 784. The van der Waals surface area contributed by atoms with Crippen LogP contribution < -0.4 is 10.1 Å². The minimum absolute atomic E-state index is 0.122. The Morgan fingerprint density at radius 3 is 2.56 bits per heavy atom. The summed E-state index contributed by atoms with van der Waals surface area (Å²) in [4.78, 5) is 20.0. The van der Waals surface area contributed by atoms with Gasteiger partial charge in [0.05, 0.1) is 12.6 Å². The highest BCUT2D eigenvalue weighted by Gasteiger charge is 2.17. The van der Waals surface area contributed by atoms with Gasteiger partial charge < -0.3 is 15.0 Å². The van der Waals surface area contributed by atoms with Crippen molar-refractivity contribution in [1.82, 2.24) is 15.3 Å². The first-order valence-corrected chi connectivity index (χ1v) is 8.33. The number of hydrogen-bond acceptors (Lipinski definition) is 3. The molecular weight excluding hydrogens is 314 g/mol. The number of nitrogens with one attached hydrogen (secondary N) is 2. The average molecular weight is 335 g/mol. The van der Waals surface area contributed by atoms with Crippen LogP contribution in [0, 0.1) is 0 Å². The maximum absolute atomic E-state index is 12.6. The lowest BCUT2D eigenvalue weighted by molar-refractivity contribution is 0.0936. The molecule has 5 nitrogen and oxygen atoms in total. The number of aromatic amines is 1. The first-order chi connectivity index (χ1) is 12.3. The molecule has 0 unspecified atom stereocenters. The third-order valence-corrected chi connectivity index (χ3v) is 3.89. The fraction of sp³-hybridized carbons (Fsp3) is 0.200. The van der Waals surface area contributed by atoms with Crippen molar-refractivity contribution in [2.24, 2.45) is 0 Å². The van der Waals surface area contributed by atoms with E-state index in [0.717, 1.165) is 17.1 Å². The summed E-state index contributed by atoms with van der Waals surface area (Å²) >= 11 is 0. The van der Waals surface area contributed by atoms with Crippen LogP contribution in [-0.2, 0) is 6.42 Å². The summed E-state index contributed by atoms with van der Waals surface area (Å²) in [6, 6.07) is 16.9. The Balaban J connectivity index is 1.76. The summed E-state index contributed by atoms with van der Waals surface area (Å²) in [5.41, 5.74) is 1.64. The second kappa shape index (κ2) is 8.15. The Hall–Kier alpha value is -3.08. The van der Waals surface area contributed by atoms with Crippen LogP contribution in [0.5, 0.6) is 5.75 Å². The number of aromatic nitrogens is 2. The smallest absolute Gasteiger partial charge is 0.251 e. The number of amides is 1. The average Bonchev–Trinajstić information content (AvgIpc) is 3.16. The molecule has 1 heterocycles. The third-order valence-electron chi connectivity index (χ3n) is 3.89. The van der Waals surface area contributed by atoms with Gasteiger partial charge in [0.15, 0.2) is 0 Å². The van der Waals surface area contributed by atoms with Gasteiger partial charge >= 0.3 is 0 Å². The normalized spacial score (nSPS) is 11.7. The molecule has 0 aliphatic rings. The molecule has 0 radical (unpaired) electrons. The van der Waals surface area contributed by atoms with Gasteiger partial charge in [-0.05, 0) is 36.8 Å². The van der Waals surface area contributed by atoms with E-state index in [0.29, 0.717) is 18.6 Å². The van der Waals surface area contributed by atoms with E-state index in [2.05, 4.69) is 15.3 Å². The second-order valence-corrected chi connectivity index (χ2v) is 5.63. The lowest BCUT2D eigenvalue weighted by Gasteiger charge is -2.18. The zero-order valence-corrected chi connectivity index (χ0v) is 14.1. The van der Waals surface area contributed by atoms with E-state index in [1.165, 1.54) is 0 Å². The Labute approximate surface area is 147 Å². The third kappa shape index (κ3) is 4.47. The van der Waals surface area contributed by atoms with Crippen molar-refractivity contribution < 1.29 is 9.53 Å². The molecule has 0 fully saturated rings. The van der Waals surface area contributed by atoms with E-state index in [4.69, 9.17) is 4.74 Å². The molecule has 0 spiro atoms. The van der Waals surface area contributed by atoms with Crippen molar-refractivity contribution in [2.45, 2.75) is 19.4 Å². The molecule has 0 saturated carbocycles. The molecule has 1 atom stereocenters. The molecule has 0 aliphatic heterocycles. The number of nitrogens with zero attached hydrogens (tertiary/aromatic N) is 1. The lowest BCUT2D eigenvalue weighted by atomic mass is 10.0. The predicted octanol–water partition coefficient (Wildman–Crippen LogP) is 3.52. The maximum atomic E-state index is 12.6. The van der Waals surface area contributed by atoms with Gasteiger partial charge in [0.25, 0.3) is 5.91 Å². The van der Waals surface area contributed by atoms with Crippen LogP contribution in [0.1, 0.15) is 34.7 Å². The van der Waals surface area contributed by atoms with Gasteiger partial charge in [0, 0.05) is 24.4 Å². The largest absolute Gasteiger partial charge is 0.494 e. The van der Waals surface area contributed by atoms with Gasteiger partial charge in [-0.15, -0.1) is 0 Å². The first-order valence-electron chi connectivity index (χ1n) is 8.33. The maximum Gasteiger partial charge on any atom is 0.251 e. The molecule has 0 saturated heterocycles. The molecule has 25 heavy (non-hydrogen) atoms. The van der Waals surface area contributed by atoms with Gasteiger partial charge in [-0.2, -0.15) is 0 Å². The zero-order valence-electron chi connectivity index (χ0n) is 14.1. The van der Waals surface area contributed by atoms with Gasteiger partial charge in [0.1, 0.15) is 11.6 Å². The van der Waals surface area contributed by atoms with Crippen LogP contribution in [0.4, 0.5) is 0 Å². The summed E-state index contributed by atoms with van der Waals surface area (Å²) in [5, 5.41) is 3.10. The zero-order chi connectivity index (χ0) is 17.5. The number of H-pyrrole nitrogens is 1. The molecule has 1 amide bonds. The standard InChI is InChI=1S/C20H21N3O2/c1-2-25-17-10-8-16(9-11-17)20(24)23-18(14-19-21-12-13-22-19)15-6-4-3-5-7-15/h3-13,18H,2,14H2,1H3,(H,21,22)(H,23,24)/t18-/m1/s1. The number of ether oxygens (including phenoxy) is 1. The second-order valence-electron chi connectivity index (χ2n) is 5.63. The Morgan fingerprint density at radius 1 is 1.16 bits per heavy atom. The van der Waals surface area contributed by atoms with Crippen molar-refractivity contribution in [3.63, 3.8) is 0 Å². The van der Waals surface area contributed by atoms with Crippen molar-refractivity contribution in [3.05, 3.63) is 83.9 Å². The number of benzene rings is 2. The monoisotopic (exact) mass is 335 g/mol. The number of rotatable bonds is 7. The van der Waals surface area contributed by atoms with E-state index < -0.39 is 0 Å². The summed E-state index contributed by atoms with van der Waals surface area (Å²) in [7, 11) is 0. The first kappa shape index (κ1) is 16.8. The molecule has 1 aromatic heterocycles. The predicted molar refractivity (Wildman–Crippen MR) is 96.6 cm³/mol. The van der Waals surface area contributed by atoms with E-state index in [-0.39, 0.29) is 11.9 Å². The molecule has 0 bridgehead atoms. The summed E-state index contributed by atoms with van der Waals surface area (Å²) in [6.07, 6.45) is 4.09. The molecule has 2 N–H and O–H groups in total. The van der Waals surface area contributed by atoms with Gasteiger partial charge in [-0.3, -0.25) is 4.79 Å². The number of imidazole rings is 1. The van der Waals surface area contributed by atoms with Crippen LogP contribution in [0.3, 0.4) is 0 Å². The van der Waals surface area contributed by atoms with Crippen LogP contribution in [0.25, 0.3) is 0 Å². The van der Waals surface area contributed by atoms with Crippen LogP contribution in [0.15, 0.2) is 67.0 Å². The summed E-state index contributed by atoms with van der Waals surface area (Å²) in [5.74, 6) is 1.47. The fourth-order valence-corrected chi connectivity index (χ4v) is 2.65. The van der Waals surface area contributed by atoms with Crippen LogP contribution in [-0.4, -0.2) is 22.5 Å². The topological polar surface area (TPSA) is 67.0 Å². The van der Waals surface area contributed by atoms with E-state index in [9.17, 15) is 4.79 Å². The quantitative estimate of drug-likeness (QED) is 0.694. The SMILES string of the molecule is CCOc1ccc(C(=O)N[C@H](Cc2ncc[nH]2)c2ccccc2)cc1. The highest BCUT2D eigenvalue weighted by Crippen LogP contribution is 2.18. The van der Waals surface area contributed by atoms with E-state index >= 15 is 0 Å². The van der Waals surface area contributed by atoms with Crippen LogP contribution >= 0.6 is 0 Å². The number of hydrogen-bond donors (Lipinski definition) is 2. The summed E-state index contributed by atoms with van der Waals surface area (Å²) < 4.78 is 5.42. The van der Waals surface area contributed by atoms with E-state index in [1.807, 2.05) is 49.4 Å². The number of carbonyl (C=O) groups excluding carboxylic acids is 1. The molecule has 0 aliphatic carbocycles. The summed E-state index contributed by atoms with van der Waals surface area (Å²) in [6.45, 7) is 2.53. The molecule has 5 heteroatoms. The minimum atomic E-state index is -0.161. The lowest BCUT2D eigenvalue weighted by Crippen LogP contribution is -2.30. The highest BCUT2D eigenvalue weighted by atomic mass is 16.5. The van der Waals surface area contributed by atoms with Gasteiger partial charge in [-0.25, -0.2) is 4.98 Å². The van der Waals surface area contributed by atoms with Gasteiger partial charge in [-0.1, -0.05) is 30.3 Å². The number of carbonyl (C=O) groups is 1. The molecular formula is C20H21N3O2. The Kier molecular flexibility index (Phi) is 5.46.